The van der Waals surface area contributed by atoms with Crippen LogP contribution in [-0.4, -0.2) is 25.1 Å². The molecule has 0 spiro atoms. The predicted octanol–water partition coefficient (Wildman–Crippen LogP) is 3.08. The number of unbranched alkanes of at least 4 members (excludes halogenated alkanes) is 1. The first-order chi connectivity index (χ1) is 8.67. The number of hydrogen-bond acceptors (Lipinski definition) is 4. The van der Waals surface area contributed by atoms with E-state index < -0.39 is 0 Å². The van der Waals surface area contributed by atoms with Gasteiger partial charge >= 0.3 is 0 Å². The Morgan fingerprint density at radius 2 is 2.06 bits per heavy atom. The average molecular weight is 254 g/mol. The Kier molecular flexibility index (Phi) is 6.54. The van der Waals surface area contributed by atoms with Crippen LogP contribution in [-0.2, 0) is 16.1 Å². The van der Waals surface area contributed by atoms with Gasteiger partial charge in [-0.3, -0.25) is 0 Å². The molecule has 0 amide bonds. The van der Waals surface area contributed by atoms with Gasteiger partial charge in [0.25, 0.3) is 0 Å². The van der Waals surface area contributed by atoms with Crippen molar-refractivity contribution in [2.45, 2.75) is 39.6 Å². The van der Waals surface area contributed by atoms with Gasteiger partial charge in [0, 0.05) is 6.61 Å². The lowest BCUT2D eigenvalue weighted by atomic mass is 10.2. The third-order valence-electron chi connectivity index (χ3n) is 2.58. The molecule has 1 aromatic rings. The number of aromatic hydroxyl groups is 1. The number of rotatable bonds is 8. The highest BCUT2D eigenvalue weighted by Gasteiger charge is 2.05. The van der Waals surface area contributed by atoms with Crippen molar-refractivity contribution in [3.05, 3.63) is 23.8 Å². The lowest BCUT2D eigenvalue weighted by Crippen LogP contribution is -2.13. The Labute approximate surface area is 108 Å². The molecular formula is C14H22O4. The number of methoxy groups -OCH3 is 1. The normalized spacial score (nSPS) is 12.4. The summed E-state index contributed by atoms with van der Waals surface area (Å²) in [6.45, 7) is 5.16. The maximum absolute atomic E-state index is 9.47. The van der Waals surface area contributed by atoms with Crippen molar-refractivity contribution in [3.63, 3.8) is 0 Å². The summed E-state index contributed by atoms with van der Waals surface area (Å²) in [6.07, 6.45) is 1.93. The van der Waals surface area contributed by atoms with Crippen molar-refractivity contribution in [2.24, 2.45) is 0 Å². The summed E-state index contributed by atoms with van der Waals surface area (Å²) in [5.74, 6) is 0.587. The molecule has 1 unspecified atom stereocenters. The zero-order chi connectivity index (χ0) is 13.4. The van der Waals surface area contributed by atoms with E-state index in [-0.39, 0.29) is 12.0 Å². The van der Waals surface area contributed by atoms with Crippen molar-refractivity contribution in [1.82, 2.24) is 0 Å². The van der Waals surface area contributed by atoms with E-state index in [4.69, 9.17) is 14.2 Å². The molecule has 0 aliphatic heterocycles. The van der Waals surface area contributed by atoms with Crippen molar-refractivity contribution in [3.8, 4) is 11.5 Å². The highest BCUT2D eigenvalue weighted by atomic mass is 16.7. The number of phenolic OH excluding ortho intramolecular Hbond substituents is 1. The highest BCUT2D eigenvalue weighted by molar-refractivity contribution is 5.41. The Morgan fingerprint density at radius 1 is 1.28 bits per heavy atom. The molecular weight excluding hydrogens is 232 g/mol. The zero-order valence-corrected chi connectivity index (χ0v) is 11.3. The number of ether oxygens (including phenoxy) is 3. The van der Waals surface area contributed by atoms with Gasteiger partial charge in [-0.2, -0.15) is 0 Å². The predicted molar refractivity (Wildman–Crippen MR) is 69.8 cm³/mol. The summed E-state index contributed by atoms with van der Waals surface area (Å²) >= 11 is 0. The molecule has 0 fully saturated rings. The Balaban J connectivity index is 2.38. The molecule has 0 aromatic heterocycles. The van der Waals surface area contributed by atoms with Gasteiger partial charge in [-0.1, -0.05) is 19.4 Å². The minimum Gasteiger partial charge on any atom is -0.504 e. The Morgan fingerprint density at radius 3 is 2.72 bits per heavy atom. The fourth-order valence-corrected chi connectivity index (χ4v) is 1.47. The average Bonchev–Trinajstić information content (AvgIpc) is 2.38. The van der Waals surface area contributed by atoms with Crippen LogP contribution in [0.1, 0.15) is 32.3 Å². The first-order valence-electron chi connectivity index (χ1n) is 6.26. The molecule has 18 heavy (non-hydrogen) atoms. The van der Waals surface area contributed by atoms with Crippen LogP contribution in [0.4, 0.5) is 0 Å². The molecule has 1 rings (SSSR count). The van der Waals surface area contributed by atoms with Crippen LogP contribution in [0, 0.1) is 0 Å². The summed E-state index contributed by atoms with van der Waals surface area (Å²) < 4.78 is 16.1. The van der Waals surface area contributed by atoms with Gasteiger partial charge in [-0.25, -0.2) is 0 Å². The van der Waals surface area contributed by atoms with Crippen molar-refractivity contribution >= 4 is 0 Å². The van der Waals surface area contributed by atoms with Gasteiger partial charge in [0.1, 0.15) is 0 Å². The van der Waals surface area contributed by atoms with Gasteiger partial charge in [-0.15, -0.1) is 0 Å². The summed E-state index contributed by atoms with van der Waals surface area (Å²) in [5.41, 5.74) is 0.940. The molecule has 102 valence electrons. The second-order valence-electron chi connectivity index (χ2n) is 4.11. The molecule has 0 bridgehead atoms. The molecule has 0 saturated heterocycles. The van der Waals surface area contributed by atoms with E-state index in [9.17, 15) is 5.11 Å². The third-order valence-corrected chi connectivity index (χ3v) is 2.58. The summed E-state index contributed by atoms with van der Waals surface area (Å²) in [4.78, 5) is 0. The van der Waals surface area contributed by atoms with Gasteiger partial charge < -0.3 is 19.3 Å². The van der Waals surface area contributed by atoms with E-state index >= 15 is 0 Å². The number of benzene rings is 1. The number of phenols is 1. The first-order valence-corrected chi connectivity index (χ1v) is 6.26. The van der Waals surface area contributed by atoms with Crippen molar-refractivity contribution < 1.29 is 19.3 Å². The van der Waals surface area contributed by atoms with Gasteiger partial charge in [0.15, 0.2) is 17.8 Å². The Bertz CT molecular complexity index is 352. The maximum atomic E-state index is 9.47. The van der Waals surface area contributed by atoms with E-state index in [2.05, 4.69) is 6.92 Å². The van der Waals surface area contributed by atoms with Crippen LogP contribution in [0.3, 0.4) is 0 Å². The summed E-state index contributed by atoms with van der Waals surface area (Å²) in [6, 6.07) is 5.16. The van der Waals surface area contributed by atoms with Gasteiger partial charge in [-0.05, 0) is 31.0 Å². The van der Waals surface area contributed by atoms with Crippen LogP contribution in [0.5, 0.6) is 11.5 Å². The largest absolute Gasteiger partial charge is 0.504 e. The van der Waals surface area contributed by atoms with E-state index in [1.165, 1.54) is 7.11 Å². The van der Waals surface area contributed by atoms with Crippen LogP contribution >= 0.6 is 0 Å². The van der Waals surface area contributed by atoms with E-state index in [1.54, 1.807) is 18.2 Å². The SMILES string of the molecule is CCCCOC(C)OCc1ccc(O)c(OC)c1. The number of hydrogen-bond donors (Lipinski definition) is 1. The lowest BCUT2D eigenvalue weighted by molar-refractivity contribution is -0.138. The molecule has 0 aliphatic rings. The van der Waals surface area contributed by atoms with Gasteiger partial charge in [0.05, 0.1) is 13.7 Å². The molecule has 0 heterocycles. The minimum atomic E-state index is -0.226. The molecule has 0 saturated carbocycles. The van der Waals surface area contributed by atoms with Crippen LogP contribution in [0.25, 0.3) is 0 Å². The van der Waals surface area contributed by atoms with E-state index in [1.807, 2.05) is 6.92 Å². The second-order valence-corrected chi connectivity index (χ2v) is 4.11. The fourth-order valence-electron chi connectivity index (χ4n) is 1.47. The van der Waals surface area contributed by atoms with Crippen molar-refractivity contribution in [1.29, 1.82) is 0 Å². The molecule has 1 aromatic carbocycles. The third kappa shape index (κ3) is 4.94. The van der Waals surface area contributed by atoms with Crippen LogP contribution in [0.15, 0.2) is 18.2 Å². The summed E-state index contributed by atoms with van der Waals surface area (Å²) in [5, 5.41) is 9.47. The quantitative estimate of drug-likeness (QED) is 0.572. The molecule has 4 heteroatoms. The first kappa shape index (κ1) is 14.8. The van der Waals surface area contributed by atoms with E-state index in [0.717, 1.165) is 25.0 Å². The lowest BCUT2D eigenvalue weighted by Gasteiger charge is -2.14. The fraction of sp³-hybridized carbons (Fsp3) is 0.571. The smallest absolute Gasteiger partial charge is 0.160 e. The molecule has 0 radical (unpaired) electrons. The van der Waals surface area contributed by atoms with Crippen LogP contribution < -0.4 is 4.74 Å². The zero-order valence-electron chi connectivity index (χ0n) is 11.3. The molecule has 0 aliphatic carbocycles. The molecule has 1 N–H and O–H groups in total. The Hall–Kier alpha value is -1.26. The van der Waals surface area contributed by atoms with Gasteiger partial charge in [0.2, 0.25) is 0 Å². The monoisotopic (exact) mass is 254 g/mol. The molecule has 4 nitrogen and oxygen atoms in total. The topological polar surface area (TPSA) is 47.9 Å². The van der Waals surface area contributed by atoms with Crippen LogP contribution in [0.2, 0.25) is 0 Å². The standard InChI is InChI=1S/C14H22O4/c1-4-5-8-17-11(2)18-10-12-6-7-13(15)14(9-12)16-3/h6-7,9,11,15H,4-5,8,10H2,1-3H3. The highest BCUT2D eigenvalue weighted by Crippen LogP contribution is 2.26. The molecule has 1 atom stereocenters. The second kappa shape index (κ2) is 7.95. The van der Waals surface area contributed by atoms with E-state index in [0.29, 0.717) is 12.4 Å². The van der Waals surface area contributed by atoms with Crippen molar-refractivity contribution in [2.75, 3.05) is 13.7 Å². The maximum Gasteiger partial charge on any atom is 0.160 e. The minimum absolute atomic E-state index is 0.133. The summed E-state index contributed by atoms with van der Waals surface area (Å²) in [7, 11) is 1.52.